The van der Waals surface area contributed by atoms with Crippen LogP contribution in [0.4, 0.5) is 0 Å². The van der Waals surface area contributed by atoms with E-state index in [1.54, 1.807) is 26.6 Å². The van der Waals surface area contributed by atoms with Gasteiger partial charge in [-0.1, -0.05) is 12.1 Å². The lowest BCUT2D eigenvalue weighted by atomic mass is 9.88. The highest BCUT2D eigenvalue weighted by molar-refractivity contribution is 5.92. The molecule has 2 atom stereocenters. The summed E-state index contributed by atoms with van der Waals surface area (Å²) in [7, 11) is 3.40. The molecule has 6 heteroatoms. The minimum absolute atomic E-state index is 0.0672. The second-order valence-electron chi connectivity index (χ2n) is 6.22. The topological polar surface area (TPSA) is 64.5 Å². The summed E-state index contributed by atoms with van der Waals surface area (Å²) in [5, 5.41) is 0. The maximum atomic E-state index is 12.6. The van der Waals surface area contributed by atoms with Crippen molar-refractivity contribution in [1.82, 2.24) is 14.9 Å². The van der Waals surface area contributed by atoms with Crippen molar-refractivity contribution in [2.75, 3.05) is 27.3 Å². The van der Waals surface area contributed by atoms with Gasteiger partial charge in [0.25, 0.3) is 5.91 Å². The summed E-state index contributed by atoms with van der Waals surface area (Å²) >= 11 is 0. The van der Waals surface area contributed by atoms with Crippen LogP contribution in [0.5, 0.6) is 5.75 Å². The van der Waals surface area contributed by atoms with Gasteiger partial charge >= 0.3 is 0 Å². The Kier molecular flexibility index (Phi) is 5.60. The highest BCUT2D eigenvalue weighted by atomic mass is 16.5. The Morgan fingerprint density at radius 2 is 2.04 bits per heavy atom. The molecule has 3 rings (SSSR count). The molecule has 0 bridgehead atoms. The molecule has 25 heavy (non-hydrogen) atoms. The lowest BCUT2D eigenvalue weighted by Gasteiger charge is -2.37. The fourth-order valence-electron chi connectivity index (χ4n) is 3.34. The van der Waals surface area contributed by atoms with E-state index in [1.165, 1.54) is 11.8 Å². The highest BCUT2D eigenvalue weighted by Crippen LogP contribution is 2.25. The van der Waals surface area contributed by atoms with Gasteiger partial charge in [-0.2, -0.15) is 0 Å². The average molecular weight is 341 g/mol. The fourth-order valence-corrected chi connectivity index (χ4v) is 3.34. The molecule has 0 aliphatic carbocycles. The van der Waals surface area contributed by atoms with Crippen LogP contribution < -0.4 is 4.74 Å². The quantitative estimate of drug-likeness (QED) is 0.834. The third-order valence-electron chi connectivity index (χ3n) is 4.69. The Morgan fingerprint density at radius 3 is 2.68 bits per heavy atom. The van der Waals surface area contributed by atoms with Gasteiger partial charge in [0.05, 0.1) is 19.4 Å². The Morgan fingerprint density at radius 1 is 1.24 bits per heavy atom. The lowest BCUT2D eigenvalue weighted by Crippen LogP contribution is -2.47. The van der Waals surface area contributed by atoms with Gasteiger partial charge in [0.15, 0.2) is 0 Å². The smallest absolute Gasteiger partial charge is 0.274 e. The summed E-state index contributed by atoms with van der Waals surface area (Å²) in [5.74, 6) is 1.02. The molecule has 6 nitrogen and oxygen atoms in total. The van der Waals surface area contributed by atoms with Crippen LogP contribution in [0.1, 0.15) is 22.5 Å². The average Bonchev–Trinajstić information content (AvgIpc) is 2.68. The van der Waals surface area contributed by atoms with E-state index in [4.69, 9.17) is 9.47 Å². The van der Waals surface area contributed by atoms with E-state index in [0.717, 1.165) is 18.6 Å². The number of benzene rings is 1. The fraction of sp³-hybridized carbons (Fsp3) is 0.421. The third kappa shape index (κ3) is 4.14. The normalized spacial score (nSPS) is 20.3. The molecule has 1 aromatic heterocycles. The molecular formula is C19H23N3O3. The number of piperidine rings is 1. The molecule has 1 fully saturated rings. The van der Waals surface area contributed by atoms with Crippen LogP contribution in [0.15, 0.2) is 42.9 Å². The van der Waals surface area contributed by atoms with E-state index in [0.29, 0.717) is 18.8 Å². The maximum absolute atomic E-state index is 12.6. The predicted molar refractivity (Wildman–Crippen MR) is 93.5 cm³/mol. The predicted octanol–water partition coefficient (Wildman–Crippen LogP) is 2.21. The number of hydrogen-bond donors (Lipinski definition) is 0. The minimum atomic E-state index is -0.0672. The molecule has 0 unspecified atom stereocenters. The van der Waals surface area contributed by atoms with E-state index in [9.17, 15) is 4.79 Å². The molecule has 2 aromatic rings. The zero-order valence-electron chi connectivity index (χ0n) is 14.6. The first kappa shape index (κ1) is 17.4. The summed E-state index contributed by atoms with van der Waals surface area (Å²) in [6.07, 6.45) is 6.46. The molecule has 1 aromatic carbocycles. The number of methoxy groups -OCH3 is 2. The zero-order chi connectivity index (χ0) is 17.6. The summed E-state index contributed by atoms with van der Waals surface area (Å²) in [5.41, 5.74) is 1.60. The number of hydrogen-bond acceptors (Lipinski definition) is 5. The van der Waals surface area contributed by atoms with Crippen molar-refractivity contribution >= 4 is 5.91 Å². The summed E-state index contributed by atoms with van der Waals surface area (Å²) < 4.78 is 10.9. The molecule has 1 aliphatic heterocycles. The van der Waals surface area contributed by atoms with E-state index in [2.05, 4.69) is 22.1 Å². The molecule has 1 saturated heterocycles. The Hall–Kier alpha value is -2.47. The lowest BCUT2D eigenvalue weighted by molar-refractivity contribution is -0.00318. The number of ether oxygens (including phenoxy) is 2. The molecule has 0 radical (unpaired) electrons. The number of carbonyl (C=O) groups excluding carboxylic acids is 1. The monoisotopic (exact) mass is 341 g/mol. The number of rotatable bonds is 5. The standard InChI is InChI=1S/C19H23N3O3/c1-24-16-5-3-14(4-6-16)11-15-13-22(10-7-18(15)25-2)19(23)17-12-20-8-9-21-17/h3-6,8-9,12,15,18H,7,10-11,13H2,1-2H3/t15-,18+/m1/s1. The van der Waals surface area contributed by atoms with E-state index >= 15 is 0 Å². The molecule has 0 spiro atoms. The van der Waals surface area contributed by atoms with Gasteiger partial charge in [-0.05, 0) is 30.5 Å². The molecular weight excluding hydrogens is 318 g/mol. The SMILES string of the molecule is COc1ccc(C[C@@H]2CN(C(=O)c3cnccn3)CC[C@@H]2OC)cc1. The largest absolute Gasteiger partial charge is 0.497 e. The zero-order valence-corrected chi connectivity index (χ0v) is 14.6. The van der Waals surface area contributed by atoms with Crippen LogP contribution in [0.2, 0.25) is 0 Å². The van der Waals surface area contributed by atoms with Gasteiger partial charge in [-0.15, -0.1) is 0 Å². The minimum Gasteiger partial charge on any atom is -0.497 e. The molecule has 0 saturated carbocycles. The van der Waals surface area contributed by atoms with Crippen LogP contribution in [0.25, 0.3) is 0 Å². The van der Waals surface area contributed by atoms with Crippen molar-refractivity contribution in [1.29, 1.82) is 0 Å². The molecule has 0 N–H and O–H groups in total. The number of amides is 1. The van der Waals surface area contributed by atoms with Gasteiger partial charge in [0.1, 0.15) is 11.4 Å². The number of likely N-dealkylation sites (tertiary alicyclic amines) is 1. The van der Waals surface area contributed by atoms with Crippen molar-refractivity contribution in [3.8, 4) is 5.75 Å². The summed E-state index contributed by atoms with van der Waals surface area (Å²) in [4.78, 5) is 22.6. The molecule has 1 amide bonds. The second-order valence-corrected chi connectivity index (χ2v) is 6.22. The molecule has 132 valence electrons. The molecule has 2 heterocycles. The van der Waals surface area contributed by atoms with Crippen molar-refractivity contribution < 1.29 is 14.3 Å². The van der Waals surface area contributed by atoms with Crippen molar-refractivity contribution in [3.63, 3.8) is 0 Å². The Balaban J connectivity index is 1.70. The van der Waals surface area contributed by atoms with Crippen molar-refractivity contribution in [2.24, 2.45) is 5.92 Å². The van der Waals surface area contributed by atoms with Crippen molar-refractivity contribution in [3.05, 3.63) is 54.1 Å². The maximum Gasteiger partial charge on any atom is 0.274 e. The Labute approximate surface area is 147 Å². The van der Waals surface area contributed by atoms with Crippen LogP contribution in [-0.4, -0.2) is 54.2 Å². The van der Waals surface area contributed by atoms with Crippen LogP contribution in [-0.2, 0) is 11.2 Å². The van der Waals surface area contributed by atoms with Gasteiger partial charge in [0.2, 0.25) is 0 Å². The summed E-state index contributed by atoms with van der Waals surface area (Å²) in [6.45, 7) is 1.33. The first-order valence-electron chi connectivity index (χ1n) is 8.42. The van der Waals surface area contributed by atoms with Crippen LogP contribution in [0.3, 0.4) is 0 Å². The van der Waals surface area contributed by atoms with Gasteiger partial charge in [0, 0.05) is 38.5 Å². The number of nitrogens with zero attached hydrogens (tertiary/aromatic N) is 3. The van der Waals surface area contributed by atoms with E-state index in [-0.39, 0.29) is 17.9 Å². The van der Waals surface area contributed by atoms with Crippen molar-refractivity contribution in [2.45, 2.75) is 18.9 Å². The first-order valence-corrected chi connectivity index (χ1v) is 8.42. The first-order chi connectivity index (χ1) is 12.2. The summed E-state index contributed by atoms with van der Waals surface area (Å²) in [6, 6.07) is 8.05. The number of aromatic nitrogens is 2. The van der Waals surface area contributed by atoms with Gasteiger partial charge < -0.3 is 14.4 Å². The van der Waals surface area contributed by atoms with Crippen LogP contribution in [0, 0.1) is 5.92 Å². The third-order valence-corrected chi connectivity index (χ3v) is 4.69. The molecule has 1 aliphatic rings. The van der Waals surface area contributed by atoms with Gasteiger partial charge in [-0.3, -0.25) is 9.78 Å². The van der Waals surface area contributed by atoms with Gasteiger partial charge in [-0.25, -0.2) is 4.98 Å². The van der Waals surface area contributed by atoms with E-state index in [1.807, 2.05) is 17.0 Å². The van der Waals surface area contributed by atoms with Crippen LogP contribution >= 0.6 is 0 Å². The Bertz CT molecular complexity index is 691. The number of carbonyl (C=O) groups is 1. The highest BCUT2D eigenvalue weighted by Gasteiger charge is 2.32. The van der Waals surface area contributed by atoms with E-state index < -0.39 is 0 Å². The second kappa shape index (κ2) is 8.07.